The van der Waals surface area contributed by atoms with Crippen LogP contribution in [0.25, 0.3) is 0 Å². The van der Waals surface area contributed by atoms with E-state index in [4.69, 9.17) is 0 Å². The summed E-state index contributed by atoms with van der Waals surface area (Å²) in [5.41, 5.74) is 0.906. The third-order valence-electron chi connectivity index (χ3n) is 4.48. The maximum Gasteiger partial charge on any atom is 0.255 e. The van der Waals surface area contributed by atoms with Crippen LogP contribution in [0.15, 0.2) is 16.7 Å². The average molecular weight is 354 g/mol. The van der Waals surface area contributed by atoms with Gasteiger partial charge in [-0.1, -0.05) is 19.8 Å². The number of aromatic nitrogens is 1. The van der Waals surface area contributed by atoms with Gasteiger partial charge in [0.2, 0.25) is 0 Å². The van der Waals surface area contributed by atoms with E-state index in [1.54, 1.807) is 6.20 Å². The number of rotatable bonds is 6. The van der Waals surface area contributed by atoms with Gasteiger partial charge >= 0.3 is 0 Å². The summed E-state index contributed by atoms with van der Waals surface area (Å²) in [6, 6.07) is 1.83. The second kappa shape index (κ2) is 7.25. The zero-order chi connectivity index (χ0) is 15.3. The van der Waals surface area contributed by atoms with Crippen LogP contribution < -0.4 is 10.6 Å². The maximum absolute atomic E-state index is 12.5. The third-order valence-corrected chi connectivity index (χ3v) is 4.92. The van der Waals surface area contributed by atoms with E-state index >= 15 is 0 Å². The van der Waals surface area contributed by atoms with E-state index in [0.29, 0.717) is 16.8 Å². The van der Waals surface area contributed by atoms with Gasteiger partial charge in [-0.05, 0) is 53.6 Å². The molecule has 0 spiro atoms. The lowest BCUT2D eigenvalue weighted by atomic mass is 9.83. The van der Waals surface area contributed by atoms with Crippen molar-refractivity contribution >= 4 is 27.7 Å². The Bertz CT molecular complexity index is 498. The van der Waals surface area contributed by atoms with Crippen molar-refractivity contribution in [2.75, 3.05) is 18.4 Å². The molecule has 0 saturated heterocycles. The SMILES string of the molecule is CCNc1ncc(Br)cc1C(=O)NCC1(CC)CCCC1. The van der Waals surface area contributed by atoms with Gasteiger partial charge in [-0.15, -0.1) is 0 Å². The number of amides is 1. The Balaban J connectivity index is 2.07. The lowest BCUT2D eigenvalue weighted by molar-refractivity contribution is 0.0929. The van der Waals surface area contributed by atoms with E-state index < -0.39 is 0 Å². The zero-order valence-electron chi connectivity index (χ0n) is 12.8. The van der Waals surface area contributed by atoms with Gasteiger partial charge in [0, 0.05) is 23.8 Å². The first-order chi connectivity index (χ1) is 10.1. The molecule has 1 amide bonds. The van der Waals surface area contributed by atoms with Crippen LogP contribution in [0.3, 0.4) is 0 Å². The minimum absolute atomic E-state index is 0.0422. The molecule has 1 aliphatic carbocycles. The number of hydrogen-bond acceptors (Lipinski definition) is 3. The zero-order valence-corrected chi connectivity index (χ0v) is 14.4. The van der Waals surface area contributed by atoms with E-state index in [2.05, 4.69) is 38.5 Å². The number of carbonyl (C=O) groups excluding carboxylic acids is 1. The minimum Gasteiger partial charge on any atom is -0.370 e. The topological polar surface area (TPSA) is 54.0 Å². The van der Waals surface area contributed by atoms with E-state index in [1.807, 2.05) is 13.0 Å². The minimum atomic E-state index is -0.0422. The Hall–Kier alpha value is -1.10. The summed E-state index contributed by atoms with van der Waals surface area (Å²) in [6.45, 7) is 5.73. The van der Waals surface area contributed by atoms with E-state index in [9.17, 15) is 4.79 Å². The fraction of sp³-hybridized carbons (Fsp3) is 0.625. The van der Waals surface area contributed by atoms with Crippen molar-refractivity contribution in [3.8, 4) is 0 Å². The van der Waals surface area contributed by atoms with Crippen LogP contribution in [0.1, 0.15) is 56.3 Å². The predicted molar refractivity (Wildman–Crippen MR) is 89.6 cm³/mol. The smallest absolute Gasteiger partial charge is 0.255 e. The second-order valence-corrected chi connectivity index (χ2v) is 6.74. The van der Waals surface area contributed by atoms with Crippen LogP contribution in [0, 0.1) is 5.41 Å². The molecule has 1 aromatic heterocycles. The molecule has 1 fully saturated rings. The molecule has 1 aliphatic rings. The van der Waals surface area contributed by atoms with Crippen molar-refractivity contribution < 1.29 is 4.79 Å². The van der Waals surface area contributed by atoms with Gasteiger partial charge in [0.25, 0.3) is 5.91 Å². The normalized spacial score (nSPS) is 16.7. The largest absolute Gasteiger partial charge is 0.370 e. The van der Waals surface area contributed by atoms with Crippen LogP contribution in [0.4, 0.5) is 5.82 Å². The van der Waals surface area contributed by atoms with Crippen LogP contribution in [0.2, 0.25) is 0 Å². The molecular weight excluding hydrogens is 330 g/mol. The Labute approximate surface area is 135 Å². The quantitative estimate of drug-likeness (QED) is 0.813. The van der Waals surface area contributed by atoms with Crippen molar-refractivity contribution in [1.82, 2.24) is 10.3 Å². The second-order valence-electron chi connectivity index (χ2n) is 5.82. The fourth-order valence-corrected chi connectivity index (χ4v) is 3.40. The number of hydrogen-bond donors (Lipinski definition) is 2. The van der Waals surface area contributed by atoms with Crippen LogP contribution in [-0.2, 0) is 0 Å². The highest BCUT2D eigenvalue weighted by molar-refractivity contribution is 9.10. The molecule has 0 aliphatic heterocycles. The highest BCUT2D eigenvalue weighted by atomic mass is 79.9. The average Bonchev–Trinajstić information content (AvgIpc) is 2.96. The molecule has 21 heavy (non-hydrogen) atoms. The number of nitrogens with zero attached hydrogens (tertiary/aromatic N) is 1. The Morgan fingerprint density at radius 3 is 2.71 bits per heavy atom. The molecule has 2 rings (SSSR count). The first kappa shape index (κ1) is 16.3. The summed E-state index contributed by atoms with van der Waals surface area (Å²) in [7, 11) is 0. The summed E-state index contributed by atoms with van der Waals surface area (Å²) in [5, 5.41) is 6.26. The number of carbonyl (C=O) groups is 1. The molecule has 2 N–H and O–H groups in total. The number of halogens is 1. The Kier molecular flexibility index (Phi) is 5.62. The van der Waals surface area contributed by atoms with Crippen molar-refractivity contribution in [3.05, 3.63) is 22.3 Å². The van der Waals surface area contributed by atoms with Crippen molar-refractivity contribution in [1.29, 1.82) is 0 Å². The monoisotopic (exact) mass is 353 g/mol. The molecule has 1 saturated carbocycles. The number of anilines is 1. The van der Waals surface area contributed by atoms with Gasteiger partial charge in [0.05, 0.1) is 5.56 Å². The maximum atomic E-state index is 12.5. The van der Waals surface area contributed by atoms with Gasteiger partial charge < -0.3 is 10.6 Å². The molecule has 0 unspecified atom stereocenters. The summed E-state index contributed by atoms with van der Waals surface area (Å²) >= 11 is 3.39. The van der Waals surface area contributed by atoms with Gasteiger partial charge in [0.1, 0.15) is 5.82 Å². The highest BCUT2D eigenvalue weighted by Gasteiger charge is 2.32. The highest BCUT2D eigenvalue weighted by Crippen LogP contribution is 2.40. The van der Waals surface area contributed by atoms with Crippen LogP contribution in [-0.4, -0.2) is 24.0 Å². The standard InChI is InChI=1S/C16H24BrN3O/c1-3-16(7-5-6-8-16)11-20-15(21)13-9-12(17)10-19-14(13)18-4-2/h9-10H,3-8,11H2,1-2H3,(H,18,19)(H,20,21). The number of nitrogens with one attached hydrogen (secondary N) is 2. The molecule has 1 heterocycles. The molecule has 4 nitrogen and oxygen atoms in total. The van der Waals surface area contributed by atoms with Gasteiger partial charge in [-0.25, -0.2) is 4.98 Å². The molecular formula is C16H24BrN3O. The molecule has 1 aromatic rings. The van der Waals surface area contributed by atoms with Crippen molar-refractivity contribution in [2.45, 2.75) is 46.0 Å². The summed E-state index contributed by atoms with van der Waals surface area (Å²) < 4.78 is 0.820. The van der Waals surface area contributed by atoms with E-state index in [1.165, 1.54) is 25.7 Å². The van der Waals surface area contributed by atoms with E-state index in [-0.39, 0.29) is 5.91 Å². The third kappa shape index (κ3) is 3.96. The van der Waals surface area contributed by atoms with Crippen LogP contribution >= 0.6 is 15.9 Å². The molecule has 0 aromatic carbocycles. The van der Waals surface area contributed by atoms with E-state index in [0.717, 1.165) is 24.0 Å². The molecule has 0 radical (unpaired) electrons. The van der Waals surface area contributed by atoms with Gasteiger partial charge in [-0.3, -0.25) is 4.79 Å². The molecule has 5 heteroatoms. The summed E-state index contributed by atoms with van der Waals surface area (Å²) in [4.78, 5) is 16.8. The number of pyridine rings is 1. The van der Waals surface area contributed by atoms with Crippen molar-refractivity contribution in [3.63, 3.8) is 0 Å². The molecule has 0 bridgehead atoms. The summed E-state index contributed by atoms with van der Waals surface area (Å²) in [5.74, 6) is 0.606. The first-order valence-electron chi connectivity index (χ1n) is 7.78. The first-order valence-corrected chi connectivity index (χ1v) is 8.57. The molecule has 116 valence electrons. The van der Waals surface area contributed by atoms with Crippen LogP contribution in [0.5, 0.6) is 0 Å². The lowest BCUT2D eigenvalue weighted by Gasteiger charge is -2.27. The Morgan fingerprint density at radius 2 is 2.10 bits per heavy atom. The molecule has 0 atom stereocenters. The Morgan fingerprint density at radius 1 is 1.38 bits per heavy atom. The lowest BCUT2D eigenvalue weighted by Crippen LogP contribution is -2.36. The summed E-state index contributed by atoms with van der Waals surface area (Å²) in [6.07, 6.45) is 7.85. The predicted octanol–water partition coefficient (Wildman–Crippen LogP) is 3.98. The fourth-order valence-electron chi connectivity index (χ4n) is 3.06. The van der Waals surface area contributed by atoms with Gasteiger partial charge in [0.15, 0.2) is 0 Å². The van der Waals surface area contributed by atoms with Crippen molar-refractivity contribution in [2.24, 2.45) is 5.41 Å². The van der Waals surface area contributed by atoms with Gasteiger partial charge in [-0.2, -0.15) is 0 Å².